The maximum atomic E-state index is 11.5. The molecule has 0 aliphatic carbocycles. The van der Waals surface area contributed by atoms with Gasteiger partial charge in [0.05, 0.1) is 6.04 Å². The molecule has 2 atom stereocenters. The summed E-state index contributed by atoms with van der Waals surface area (Å²) in [7, 11) is 2.12. The van der Waals surface area contributed by atoms with Crippen molar-refractivity contribution in [3.8, 4) is 0 Å². The Morgan fingerprint density at radius 1 is 1.36 bits per heavy atom. The summed E-state index contributed by atoms with van der Waals surface area (Å²) in [5, 5.41) is 0. The van der Waals surface area contributed by atoms with Crippen molar-refractivity contribution in [3.05, 3.63) is 66.4 Å². The number of carbonyl (C=O) groups is 1. The Bertz CT molecular complexity index is 712. The van der Waals surface area contributed by atoms with Gasteiger partial charge in [0.25, 0.3) is 0 Å². The van der Waals surface area contributed by atoms with Crippen LogP contribution in [0.15, 0.2) is 49.7 Å². The third-order valence-electron chi connectivity index (χ3n) is 5.66. The Balaban J connectivity index is 1.78. The minimum absolute atomic E-state index is 0.121. The number of benzene rings is 1. The second-order valence-electron chi connectivity index (χ2n) is 7.24. The second-order valence-corrected chi connectivity index (χ2v) is 7.24. The van der Waals surface area contributed by atoms with Crippen molar-refractivity contribution in [2.75, 3.05) is 6.54 Å². The average molecular weight is 334 g/mol. The van der Waals surface area contributed by atoms with Crippen molar-refractivity contribution in [1.82, 2.24) is 9.71 Å². The maximum absolute atomic E-state index is 11.5. The Labute approximate surface area is 152 Å². The zero-order chi connectivity index (χ0) is 18.0. The lowest BCUT2D eigenvalue weighted by Gasteiger charge is -2.33. The SMILES string of the molecule is BN1CCC(c2ccc3c(c2)CN(C(C=O)CCC=C)C3=C)CC1=C. The molecule has 4 heteroatoms. The number of aldehydes is 1. The first-order valence-electron chi connectivity index (χ1n) is 9.09. The van der Waals surface area contributed by atoms with Gasteiger partial charge in [0.2, 0.25) is 7.98 Å². The molecular formula is C21H27BN2O. The van der Waals surface area contributed by atoms with Crippen LogP contribution < -0.4 is 0 Å². The zero-order valence-corrected chi connectivity index (χ0v) is 15.2. The Morgan fingerprint density at radius 2 is 2.16 bits per heavy atom. The highest BCUT2D eigenvalue weighted by molar-refractivity contribution is 6.05. The summed E-state index contributed by atoms with van der Waals surface area (Å²) in [6.07, 6.45) is 6.73. The molecule has 0 radical (unpaired) electrons. The fourth-order valence-corrected chi connectivity index (χ4v) is 3.95. The van der Waals surface area contributed by atoms with Crippen molar-refractivity contribution in [2.24, 2.45) is 0 Å². The van der Waals surface area contributed by atoms with E-state index in [2.05, 4.69) is 55.6 Å². The lowest BCUT2D eigenvalue weighted by molar-refractivity contribution is -0.111. The summed E-state index contributed by atoms with van der Waals surface area (Å²) in [6, 6.07) is 6.61. The van der Waals surface area contributed by atoms with Gasteiger partial charge in [-0.15, -0.1) is 6.58 Å². The van der Waals surface area contributed by atoms with Crippen LogP contribution in [0.2, 0.25) is 0 Å². The van der Waals surface area contributed by atoms with Crippen molar-refractivity contribution < 1.29 is 4.79 Å². The number of nitrogens with zero attached hydrogens (tertiary/aromatic N) is 2. The molecule has 0 saturated carbocycles. The van der Waals surface area contributed by atoms with Gasteiger partial charge in [-0.3, -0.25) is 0 Å². The molecule has 130 valence electrons. The van der Waals surface area contributed by atoms with E-state index in [1.165, 1.54) is 22.4 Å². The number of piperidine rings is 1. The Kier molecular flexibility index (Phi) is 5.17. The first kappa shape index (κ1) is 17.6. The Morgan fingerprint density at radius 3 is 2.84 bits per heavy atom. The van der Waals surface area contributed by atoms with E-state index in [4.69, 9.17) is 0 Å². The van der Waals surface area contributed by atoms with Crippen molar-refractivity contribution in [2.45, 2.75) is 44.2 Å². The van der Waals surface area contributed by atoms with Crippen molar-refractivity contribution in [1.29, 1.82) is 0 Å². The quantitative estimate of drug-likeness (QED) is 0.453. The van der Waals surface area contributed by atoms with Crippen LogP contribution in [-0.4, -0.2) is 36.6 Å². The van der Waals surface area contributed by atoms with E-state index >= 15 is 0 Å². The van der Waals surface area contributed by atoms with E-state index < -0.39 is 0 Å². The summed E-state index contributed by atoms with van der Waals surface area (Å²) < 4.78 is 0. The number of hydrogen-bond acceptors (Lipinski definition) is 3. The average Bonchev–Trinajstić information content (AvgIpc) is 2.94. The summed E-state index contributed by atoms with van der Waals surface area (Å²) in [5.74, 6) is 0.541. The summed E-state index contributed by atoms with van der Waals surface area (Å²) in [5.41, 5.74) is 6.04. The molecule has 1 fully saturated rings. The topological polar surface area (TPSA) is 23.6 Å². The molecule has 2 unspecified atom stereocenters. The summed E-state index contributed by atoms with van der Waals surface area (Å²) >= 11 is 0. The van der Waals surface area contributed by atoms with Gasteiger partial charge >= 0.3 is 0 Å². The van der Waals surface area contributed by atoms with Gasteiger partial charge in [-0.1, -0.05) is 37.4 Å². The molecule has 0 N–H and O–H groups in total. The highest BCUT2D eigenvalue weighted by Crippen LogP contribution is 2.38. The molecule has 2 aliphatic rings. The predicted octanol–water partition coefficient (Wildman–Crippen LogP) is 3.25. The minimum Gasteiger partial charge on any atom is -0.425 e. The molecule has 3 rings (SSSR count). The third-order valence-corrected chi connectivity index (χ3v) is 5.66. The molecule has 25 heavy (non-hydrogen) atoms. The van der Waals surface area contributed by atoms with Crippen molar-refractivity contribution in [3.63, 3.8) is 0 Å². The van der Waals surface area contributed by atoms with Gasteiger partial charge in [0, 0.05) is 24.4 Å². The maximum Gasteiger partial charge on any atom is 0.217 e. The first-order valence-corrected chi connectivity index (χ1v) is 9.09. The fourth-order valence-electron chi connectivity index (χ4n) is 3.95. The van der Waals surface area contributed by atoms with Crippen LogP contribution in [0.3, 0.4) is 0 Å². The van der Waals surface area contributed by atoms with Gasteiger partial charge in [-0.25, -0.2) is 0 Å². The number of carbonyl (C=O) groups excluding carboxylic acids is 1. The van der Waals surface area contributed by atoms with Crippen LogP contribution in [0.4, 0.5) is 0 Å². The predicted molar refractivity (Wildman–Crippen MR) is 107 cm³/mol. The monoisotopic (exact) mass is 334 g/mol. The smallest absolute Gasteiger partial charge is 0.217 e. The van der Waals surface area contributed by atoms with Crippen LogP contribution in [0, 0.1) is 0 Å². The van der Waals surface area contributed by atoms with Crippen LogP contribution in [0.5, 0.6) is 0 Å². The molecule has 1 aromatic carbocycles. The summed E-state index contributed by atoms with van der Waals surface area (Å²) in [4.78, 5) is 15.9. The number of fused-ring (bicyclic) bond motifs is 1. The van der Waals surface area contributed by atoms with Crippen LogP contribution in [0.1, 0.15) is 48.3 Å². The number of rotatable bonds is 6. The molecular weight excluding hydrogens is 307 g/mol. The molecule has 0 spiro atoms. The minimum atomic E-state index is -0.121. The molecule has 0 aromatic heterocycles. The third kappa shape index (κ3) is 3.44. The standard InChI is InChI=1S/C21H27BN2O/c1-4-5-6-20(14-25)23-13-19-12-17(7-8-21(19)16(23)3)18-9-10-24(22)15(2)11-18/h4,7-8,12,14,18,20H,1-3,5-6,9-11,13,22H2. The highest BCUT2D eigenvalue weighted by Gasteiger charge is 2.29. The second kappa shape index (κ2) is 7.34. The number of allylic oxidation sites excluding steroid dienone is 2. The van der Waals surface area contributed by atoms with E-state index in [9.17, 15) is 4.79 Å². The molecule has 1 aromatic rings. The van der Waals surface area contributed by atoms with Gasteiger partial charge in [0.15, 0.2) is 0 Å². The molecule has 1 saturated heterocycles. The van der Waals surface area contributed by atoms with Crippen LogP contribution in [-0.2, 0) is 11.3 Å². The van der Waals surface area contributed by atoms with Crippen LogP contribution >= 0.6 is 0 Å². The van der Waals surface area contributed by atoms with E-state index in [1.807, 2.05) is 6.08 Å². The van der Waals surface area contributed by atoms with Gasteiger partial charge in [-0.05, 0) is 48.4 Å². The number of hydrogen-bond donors (Lipinski definition) is 0. The lowest BCUT2D eigenvalue weighted by Crippen LogP contribution is -2.30. The molecule has 0 amide bonds. The molecule has 2 aliphatic heterocycles. The zero-order valence-electron chi connectivity index (χ0n) is 15.2. The summed E-state index contributed by atoms with van der Waals surface area (Å²) in [6.45, 7) is 14.0. The van der Waals surface area contributed by atoms with E-state index in [0.29, 0.717) is 5.92 Å². The van der Waals surface area contributed by atoms with Crippen LogP contribution in [0.25, 0.3) is 5.70 Å². The normalized spacial score (nSPS) is 21.2. The van der Waals surface area contributed by atoms with Gasteiger partial charge in [0.1, 0.15) is 6.29 Å². The Hall–Kier alpha value is -2.23. The highest BCUT2D eigenvalue weighted by atomic mass is 16.1. The molecule has 3 nitrogen and oxygen atoms in total. The van der Waals surface area contributed by atoms with Gasteiger partial charge < -0.3 is 14.5 Å². The first-order chi connectivity index (χ1) is 12.0. The van der Waals surface area contributed by atoms with E-state index in [-0.39, 0.29) is 6.04 Å². The van der Waals surface area contributed by atoms with Gasteiger partial charge in [-0.2, -0.15) is 0 Å². The lowest BCUT2D eigenvalue weighted by atomic mass is 9.85. The fraction of sp³-hybridized carbons (Fsp3) is 0.381. The molecule has 0 bridgehead atoms. The molecule has 2 heterocycles. The largest absolute Gasteiger partial charge is 0.425 e. The van der Waals surface area contributed by atoms with E-state index in [0.717, 1.165) is 50.8 Å². The van der Waals surface area contributed by atoms with Crippen molar-refractivity contribution >= 4 is 20.0 Å². The van der Waals surface area contributed by atoms with E-state index in [1.54, 1.807) is 0 Å².